The molecule has 1 aromatic carbocycles. The van der Waals surface area contributed by atoms with Gasteiger partial charge in [0.15, 0.2) is 0 Å². The van der Waals surface area contributed by atoms with Crippen LogP contribution >= 0.6 is 0 Å². The minimum atomic E-state index is 0.328. The number of aromatic nitrogens is 1. The number of hydrogen-bond acceptors (Lipinski definition) is 3. The number of aryl methyl sites for hydroxylation is 1. The Morgan fingerprint density at radius 3 is 2.20 bits per heavy atom. The smallest absolute Gasteiger partial charge is 0.423 e. The van der Waals surface area contributed by atoms with Crippen LogP contribution in [0.25, 0.3) is 10.9 Å². The predicted molar refractivity (Wildman–Crippen MR) is 102 cm³/mol. The van der Waals surface area contributed by atoms with E-state index in [1.165, 1.54) is 0 Å². The standard InChI is InChI=1S/C21H31NO3/c1-4-7-12-18-17-13-10-11-14-19(17)22(23)21(25-16-9-6-3)20(18)24-15-8-5-2/h10-11,13-14H,4-9,12,15-16H2,1-3H3. The molecule has 2 aromatic rings. The van der Waals surface area contributed by atoms with Gasteiger partial charge in [-0.25, -0.2) is 0 Å². The molecule has 1 heterocycles. The van der Waals surface area contributed by atoms with Gasteiger partial charge in [0.25, 0.3) is 0 Å². The van der Waals surface area contributed by atoms with Crippen molar-refractivity contribution in [3.05, 3.63) is 35.0 Å². The van der Waals surface area contributed by atoms with Gasteiger partial charge in [0, 0.05) is 11.6 Å². The van der Waals surface area contributed by atoms with E-state index >= 15 is 0 Å². The Morgan fingerprint density at radius 1 is 0.880 bits per heavy atom. The van der Waals surface area contributed by atoms with E-state index in [-0.39, 0.29) is 0 Å². The summed E-state index contributed by atoms with van der Waals surface area (Å²) in [7, 11) is 0. The zero-order valence-corrected chi connectivity index (χ0v) is 15.8. The lowest BCUT2D eigenvalue weighted by Gasteiger charge is -2.18. The van der Waals surface area contributed by atoms with Gasteiger partial charge in [-0.15, -0.1) is 4.73 Å². The van der Waals surface area contributed by atoms with E-state index < -0.39 is 0 Å². The van der Waals surface area contributed by atoms with Crippen molar-refractivity contribution < 1.29 is 14.2 Å². The molecule has 0 unspecified atom stereocenters. The largest absolute Gasteiger partial charge is 0.615 e. The van der Waals surface area contributed by atoms with Gasteiger partial charge in [-0.3, -0.25) is 0 Å². The Bertz CT molecular complexity index is 670. The first-order valence-corrected chi connectivity index (χ1v) is 9.67. The lowest BCUT2D eigenvalue weighted by Crippen LogP contribution is -2.32. The third-order valence-electron chi connectivity index (χ3n) is 4.36. The molecule has 0 N–H and O–H groups in total. The number of pyridine rings is 1. The first-order chi connectivity index (χ1) is 12.2. The number of para-hydroxylation sites is 1. The Hall–Kier alpha value is -1.97. The number of nitrogens with zero attached hydrogens (tertiary/aromatic N) is 1. The van der Waals surface area contributed by atoms with Crippen LogP contribution < -0.4 is 14.2 Å². The maximum absolute atomic E-state index is 12.9. The summed E-state index contributed by atoms with van der Waals surface area (Å²) >= 11 is 0. The summed E-state index contributed by atoms with van der Waals surface area (Å²) in [5.74, 6) is 0.973. The number of unbranched alkanes of at least 4 members (excludes halogenated alkanes) is 3. The zero-order chi connectivity index (χ0) is 18.1. The molecule has 0 amide bonds. The molecule has 0 atom stereocenters. The molecule has 25 heavy (non-hydrogen) atoms. The van der Waals surface area contributed by atoms with E-state index in [0.717, 1.165) is 60.6 Å². The van der Waals surface area contributed by atoms with E-state index in [2.05, 4.69) is 20.8 Å². The molecule has 0 aliphatic rings. The molecule has 0 bridgehead atoms. The van der Waals surface area contributed by atoms with Crippen molar-refractivity contribution in [2.75, 3.05) is 13.2 Å². The number of fused-ring (bicyclic) bond motifs is 1. The summed E-state index contributed by atoms with van der Waals surface area (Å²) in [4.78, 5) is 0. The predicted octanol–water partition coefficient (Wildman–Crippen LogP) is 5.17. The van der Waals surface area contributed by atoms with Gasteiger partial charge in [-0.05, 0) is 31.7 Å². The summed E-state index contributed by atoms with van der Waals surface area (Å²) < 4.78 is 12.9. The average Bonchev–Trinajstić information content (AvgIpc) is 2.64. The molecule has 0 saturated carbocycles. The van der Waals surface area contributed by atoms with Gasteiger partial charge < -0.3 is 14.7 Å². The van der Waals surface area contributed by atoms with E-state index in [0.29, 0.717) is 30.4 Å². The van der Waals surface area contributed by atoms with Crippen LogP contribution in [0.3, 0.4) is 0 Å². The van der Waals surface area contributed by atoms with Crippen LogP contribution in [0.5, 0.6) is 11.6 Å². The van der Waals surface area contributed by atoms with Gasteiger partial charge in [-0.1, -0.05) is 52.2 Å². The fraction of sp³-hybridized carbons (Fsp3) is 0.571. The van der Waals surface area contributed by atoms with E-state index in [4.69, 9.17) is 9.47 Å². The fourth-order valence-corrected chi connectivity index (χ4v) is 2.87. The van der Waals surface area contributed by atoms with Crippen molar-refractivity contribution in [3.8, 4) is 11.6 Å². The van der Waals surface area contributed by atoms with Crippen LogP contribution in [0.4, 0.5) is 0 Å². The van der Waals surface area contributed by atoms with Gasteiger partial charge >= 0.3 is 5.88 Å². The van der Waals surface area contributed by atoms with E-state index in [9.17, 15) is 5.21 Å². The zero-order valence-electron chi connectivity index (χ0n) is 15.8. The molecule has 0 fully saturated rings. The van der Waals surface area contributed by atoms with E-state index in [1.807, 2.05) is 24.3 Å². The molecule has 0 spiro atoms. The normalized spacial score (nSPS) is 11.0. The molecule has 4 nitrogen and oxygen atoms in total. The summed E-state index contributed by atoms with van der Waals surface area (Å²) in [6.07, 6.45) is 7.02. The maximum atomic E-state index is 12.9. The highest BCUT2D eigenvalue weighted by Gasteiger charge is 2.26. The molecule has 138 valence electrons. The van der Waals surface area contributed by atoms with Gasteiger partial charge in [0.05, 0.1) is 18.6 Å². The van der Waals surface area contributed by atoms with Crippen LogP contribution in [-0.4, -0.2) is 13.2 Å². The molecular formula is C21H31NO3. The van der Waals surface area contributed by atoms with Crippen molar-refractivity contribution in [1.29, 1.82) is 0 Å². The second-order valence-electron chi connectivity index (χ2n) is 6.43. The number of benzene rings is 1. The average molecular weight is 345 g/mol. The fourth-order valence-electron chi connectivity index (χ4n) is 2.87. The topological polar surface area (TPSA) is 45.4 Å². The Labute approximate surface area is 151 Å². The summed E-state index contributed by atoms with van der Waals surface area (Å²) in [6, 6.07) is 7.75. The minimum absolute atomic E-state index is 0.328. The Kier molecular flexibility index (Phi) is 7.83. The van der Waals surface area contributed by atoms with Gasteiger partial charge in [0.2, 0.25) is 11.3 Å². The third kappa shape index (κ3) is 4.77. The van der Waals surface area contributed by atoms with Crippen LogP contribution in [0.2, 0.25) is 0 Å². The Morgan fingerprint density at radius 2 is 1.52 bits per heavy atom. The molecular weight excluding hydrogens is 314 g/mol. The first kappa shape index (κ1) is 19.4. The van der Waals surface area contributed by atoms with Crippen molar-refractivity contribution >= 4 is 10.9 Å². The maximum Gasteiger partial charge on any atom is 0.423 e. The van der Waals surface area contributed by atoms with E-state index in [1.54, 1.807) is 0 Å². The lowest BCUT2D eigenvalue weighted by molar-refractivity contribution is -0.585. The number of ether oxygens (including phenoxy) is 2. The van der Waals surface area contributed by atoms with Crippen molar-refractivity contribution in [2.24, 2.45) is 0 Å². The minimum Gasteiger partial charge on any atom is -0.615 e. The van der Waals surface area contributed by atoms with Crippen LogP contribution in [0.1, 0.15) is 64.9 Å². The summed E-state index contributed by atoms with van der Waals surface area (Å²) in [5, 5.41) is 13.9. The Balaban J connectivity index is 2.53. The van der Waals surface area contributed by atoms with Crippen LogP contribution in [-0.2, 0) is 6.42 Å². The summed E-state index contributed by atoms with van der Waals surface area (Å²) in [6.45, 7) is 7.57. The highest BCUT2D eigenvalue weighted by molar-refractivity contribution is 5.82. The number of rotatable bonds is 11. The van der Waals surface area contributed by atoms with Crippen molar-refractivity contribution in [1.82, 2.24) is 0 Å². The highest BCUT2D eigenvalue weighted by Crippen LogP contribution is 2.35. The summed E-state index contributed by atoms with van der Waals surface area (Å²) in [5.41, 5.74) is 1.76. The second kappa shape index (κ2) is 10.1. The first-order valence-electron chi connectivity index (χ1n) is 9.67. The molecule has 1 aromatic heterocycles. The van der Waals surface area contributed by atoms with Crippen LogP contribution in [0, 0.1) is 5.21 Å². The lowest BCUT2D eigenvalue weighted by atomic mass is 10.0. The molecule has 0 saturated heterocycles. The highest BCUT2D eigenvalue weighted by atomic mass is 16.6. The molecule has 0 aliphatic carbocycles. The molecule has 4 heteroatoms. The van der Waals surface area contributed by atoms with Gasteiger partial charge in [-0.2, -0.15) is 0 Å². The molecule has 2 rings (SSSR count). The SMILES string of the molecule is CCCCOc1c(CCCC)c2ccccc2[n+]([O-])c1OCCCC. The quantitative estimate of drug-likeness (QED) is 0.320. The van der Waals surface area contributed by atoms with Crippen LogP contribution in [0.15, 0.2) is 24.3 Å². The van der Waals surface area contributed by atoms with Crippen molar-refractivity contribution in [2.45, 2.75) is 65.7 Å². The van der Waals surface area contributed by atoms with Gasteiger partial charge in [0.1, 0.15) is 0 Å². The molecule has 0 aliphatic heterocycles. The third-order valence-corrected chi connectivity index (χ3v) is 4.36. The second-order valence-corrected chi connectivity index (χ2v) is 6.43. The number of hydrogen-bond donors (Lipinski definition) is 0. The monoisotopic (exact) mass is 345 g/mol. The van der Waals surface area contributed by atoms with Crippen molar-refractivity contribution in [3.63, 3.8) is 0 Å². The molecule has 0 radical (unpaired) electrons.